The van der Waals surface area contributed by atoms with Crippen molar-refractivity contribution in [3.63, 3.8) is 0 Å². The molecule has 0 saturated heterocycles. The van der Waals surface area contributed by atoms with Crippen molar-refractivity contribution in [1.29, 1.82) is 5.41 Å². The number of hydrogen-bond donors (Lipinski definition) is 2. The van der Waals surface area contributed by atoms with Crippen LogP contribution in [0.3, 0.4) is 0 Å². The first-order valence-electron chi connectivity index (χ1n) is 37.5. The summed E-state index contributed by atoms with van der Waals surface area (Å²) in [4.78, 5) is 2.10. The Morgan fingerprint density at radius 1 is 0.291 bits per heavy atom. The Kier molecular flexibility index (Phi) is 14.2. The first-order chi connectivity index (χ1) is 54.3. The number of halogens is 1. The molecule has 4 nitrogen and oxygen atoms in total. The summed E-state index contributed by atoms with van der Waals surface area (Å²) in [5.74, 6) is -0.274. The smallest absolute Gasteiger partial charge is 0.123 e. The fourth-order valence-corrected chi connectivity index (χ4v) is 19.5. The summed E-state index contributed by atoms with van der Waals surface area (Å²) in [6, 6.07) is 134. The van der Waals surface area contributed by atoms with Crippen LogP contribution in [0, 0.1) is 11.2 Å². The molecule has 6 heteroatoms. The molecule has 0 bridgehead atoms. The number of para-hydroxylation sites is 1. The molecule has 5 aliphatic carbocycles. The van der Waals surface area contributed by atoms with E-state index in [0.29, 0.717) is 11.4 Å². The van der Waals surface area contributed by atoms with Gasteiger partial charge in [0.05, 0.1) is 33.3 Å². The van der Waals surface area contributed by atoms with Gasteiger partial charge in [-0.2, -0.15) is 0 Å². The summed E-state index contributed by atoms with van der Waals surface area (Å²) in [5, 5.41) is 12.1. The van der Waals surface area contributed by atoms with Crippen LogP contribution in [0.5, 0.6) is 0 Å². The summed E-state index contributed by atoms with van der Waals surface area (Å²) in [5.41, 5.74) is 39.3. The molecular weight excluding hydrogens is 1360 g/mol. The lowest BCUT2D eigenvalue weighted by Gasteiger charge is -2.30. The standard InChI is InChI=1S/C104H65FN4S/c105-75-48-38-64(39-49-75)65-40-50-77(51-41-65)108(76-16-2-1-3-17-76)100-59-56-79(101(106)102(100)107-110)70-42-52-78(53-43-70)109-98-57-46-71(66-30-34-68(35-31-66)73-44-54-86-84-22-8-14-28-94(84)103(96(86)62-73)90-24-10-4-18-80(90)81-19-5-11-25-91(81)103)60-88(98)89-61-72(47-58-99(89)109)67-32-36-69(37-33-67)74-45-55-87-85-23-9-15-29-95(85)104(97(87)63-74)92-26-12-6-20-82(92)83-21-7-13-27-93(83)104/h1-63,106,110H. The summed E-state index contributed by atoms with van der Waals surface area (Å²) in [7, 11) is 0. The third-order valence-corrected chi connectivity index (χ3v) is 24.3. The second-order valence-corrected chi connectivity index (χ2v) is 29.7. The van der Waals surface area contributed by atoms with Crippen molar-refractivity contribution in [3.8, 4) is 106 Å². The van der Waals surface area contributed by atoms with E-state index < -0.39 is 10.8 Å². The molecule has 0 aliphatic heterocycles. The number of nitrogens with one attached hydrogen (secondary N) is 1. The normalized spacial score (nSPS) is 14.4. The average Bonchev–Trinajstić information content (AvgIpc) is 1.51. The van der Waals surface area contributed by atoms with Crippen molar-refractivity contribution in [1.82, 2.24) is 4.57 Å². The molecule has 0 saturated carbocycles. The fourth-order valence-electron chi connectivity index (χ4n) is 19.3. The van der Waals surface area contributed by atoms with E-state index in [1.54, 1.807) is 12.1 Å². The lowest BCUT2D eigenvalue weighted by molar-refractivity contribution is 0.628. The minimum atomic E-state index is -0.421. The lowest BCUT2D eigenvalue weighted by atomic mass is 9.70. The molecule has 0 atom stereocenters. The van der Waals surface area contributed by atoms with Crippen molar-refractivity contribution in [2.75, 3.05) is 4.90 Å². The zero-order valence-corrected chi connectivity index (χ0v) is 60.4. The molecule has 1 heterocycles. The SMILES string of the molecule is N=C1C(c2ccc(-n3c4ccc(-c5ccc(-c6ccc7c(c6)C6(c8ccccc8-c8ccccc86)c6ccccc6-7)cc5)cc4c4cc(-c5ccc(-c6ccc7c(c6)C6(c8ccccc8-c8ccccc86)c6ccccc6-7)cc5)ccc43)cc2)=CC=C(N(c2ccccc2)c2ccc(-c3ccc(F)cc3)cc2)C1=NS. The van der Waals surface area contributed by atoms with Crippen LogP contribution in [0.1, 0.15) is 50.1 Å². The number of aromatic nitrogens is 1. The summed E-state index contributed by atoms with van der Waals surface area (Å²) < 4.78 is 20.9. The molecule has 5 aliphatic rings. The number of anilines is 2. The van der Waals surface area contributed by atoms with Crippen LogP contribution in [0.15, 0.2) is 392 Å². The second kappa shape index (κ2) is 24.6. The molecule has 0 unspecified atom stereocenters. The highest BCUT2D eigenvalue weighted by molar-refractivity contribution is 7.79. The van der Waals surface area contributed by atoms with Crippen LogP contribution in [0.25, 0.3) is 133 Å². The van der Waals surface area contributed by atoms with E-state index in [0.717, 1.165) is 83.4 Å². The van der Waals surface area contributed by atoms with Gasteiger partial charge in [-0.15, -0.1) is 0 Å². The highest BCUT2D eigenvalue weighted by atomic mass is 32.1. The zero-order chi connectivity index (χ0) is 72.9. The van der Waals surface area contributed by atoms with Crippen molar-refractivity contribution >= 4 is 63.0 Å². The first-order valence-corrected chi connectivity index (χ1v) is 37.9. The fraction of sp³-hybridized carbons (Fsp3) is 0.0192. The van der Waals surface area contributed by atoms with E-state index in [4.69, 9.17) is 0 Å². The van der Waals surface area contributed by atoms with Gasteiger partial charge in [-0.05, 0) is 260 Å². The molecule has 0 radical (unpaired) electrons. The Labute approximate surface area is 642 Å². The Balaban J connectivity index is 0.632. The number of nitrogens with zero attached hydrogens (tertiary/aromatic N) is 3. The summed E-state index contributed by atoms with van der Waals surface area (Å²) in [6.45, 7) is 0. The maximum absolute atomic E-state index is 13.9. The molecule has 0 amide bonds. The number of rotatable bonds is 10. The van der Waals surface area contributed by atoms with Gasteiger partial charge in [-0.25, -0.2) is 8.79 Å². The number of hydrogen-bond acceptors (Lipinski definition) is 4. The van der Waals surface area contributed by atoms with Crippen LogP contribution in [0.4, 0.5) is 15.8 Å². The Hall–Kier alpha value is -13.8. The van der Waals surface area contributed by atoms with Crippen LogP contribution in [-0.2, 0) is 10.8 Å². The zero-order valence-electron chi connectivity index (χ0n) is 59.5. The van der Waals surface area contributed by atoms with Crippen LogP contribution in [-0.4, -0.2) is 16.0 Å². The average molecular weight is 1420 g/mol. The molecular formula is C104H65FN4S. The van der Waals surface area contributed by atoms with Crippen molar-refractivity contribution in [3.05, 3.63) is 444 Å². The third kappa shape index (κ3) is 9.27. The third-order valence-electron chi connectivity index (χ3n) is 24.1. The van der Waals surface area contributed by atoms with Gasteiger partial charge in [-0.3, -0.25) is 5.41 Å². The van der Waals surface area contributed by atoms with Crippen molar-refractivity contribution in [2.45, 2.75) is 10.8 Å². The van der Waals surface area contributed by atoms with E-state index in [9.17, 15) is 9.80 Å². The van der Waals surface area contributed by atoms with Crippen LogP contribution < -0.4 is 4.90 Å². The largest absolute Gasteiger partial charge is 0.309 e. The lowest BCUT2D eigenvalue weighted by Crippen LogP contribution is -2.30. The van der Waals surface area contributed by atoms with Crippen LogP contribution in [0.2, 0.25) is 0 Å². The minimum Gasteiger partial charge on any atom is -0.309 e. The number of thiol groups is 1. The molecule has 1 N–H and O–H groups in total. The Bertz CT molecular complexity index is 6420. The Morgan fingerprint density at radius 2 is 0.600 bits per heavy atom. The quantitative estimate of drug-likeness (QED) is 0.104. The topological polar surface area (TPSA) is 44.4 Å². The predicted octanol–water partition coefficient (Wildman–Crippen LogP) is 26.4. The Morgan fingerprint density at radius 3 is 1.00 bits per heavy atom. The van der Waals surface area contributed by atoms with Crippen LogP contribution >= 0.6 is 12.8 Å². The number of allylic oxidation sites excluding steroid dienone is 4. The molecule has 17 aromatic rings. The van der Waals surface area contributed by atoms with Gasteiger partial charge in [0.15, 0.2) is 0 Å². The maximum Gasteiger partial charge on any atom is 0.123 e. The number of benzene rings is 16. The van der Waals surface area contributed by atoms with E-state index >= 15 is 0 Å². The summed E-state index contributed by atoms with van der Waals surface area (Å²) in [6.07, 6.45) is 4.05. The molecule has 0 fully saturated rings. The van der Waals surface area contributed by atoms with Gasteiger partial charge in [0.2, 0.25) is 0 Å². The molecule has 110 heavy (non-hydrogen) atoms. The molecule has 2 spiro atoms. The van der Waals surface area contributed by atoms with Gasteiger partial charge >= 0.3 is 0 Å². The van der Waals surface area contributed by atoms with Gasteiger partial charge < -0.3 is 9.47 Å². The highest BCUT2D eigenvalue weighted by Gasteiger charge is 2.53. The molecule has 22 rings (SSSR count). The van der Waals surface area contributed by atoms with Gasteiger partial charge in [-0.1, -0.05) is 285 Å². The predicted molar refractivity (Wildman–Crippen MR) is 456 cm³/mol. The second-order valence-electron chi connectivity index (χ2n) is 29.5. The molecule has 514 valence electrons. The van der Waals surface area contributed by atoms with Crippen molar-refractivity contribution < 1.29 is 4.39 Å². The molecule has 1 aromatic heterocycles. The van der Waals surface area contributed by atoms with Gasteiger partial charge in [0.1, 0.15) is 11.5 Å². The summed E-state index contributed by atoms with van der Waals surface area (Å²) >= 11 is 4.56. The van der Waals surface area contributed by atoms with E-state index in [1.165, 1.54) is 123 Å². The van der Waals surface area contributed by atoms with E-state index in [-0.39, 0.29) is 11.5 Å². The maximum atomic E-state index is 13.9. The van der Waals surface area contributed by atoms with E-state index in [2.05, 4.69) is 318 Å². The van der Waals surface area contributed by atoms with Gasteiger partial charge in [0, 0.05) is 33.4 Å². The van der Waals surface area contributed by atoms with Crippen molar-refractivity contribution in [2.24, 2.45) is 4.40 Å². The minimum absolute atomic E-state index is 0.258. The monoisotopic (exact) mass is 1420 g/mol. The molecule has 16 aromatic carbocycles. The first kappa shape index (κ1) is 63.5. The number of fused-ring (bicyclic) bond motifs is 23. The highest BCUT2D eigenvalue weighted by Crippen LogP contribution is 2.65. The van der Waals surface area contributed by atoms with Gasteiger partial charge in [0.25, 0.3) is 0 Å². The van der Waals surface area contributed by atoms with E-state index in [1.807, 2.05) is 66.7 Å².